The molecule has 3 aromatic carbocycles. The third-order valence-corrected chi connectivity index (χ3v) is 8.59. The summed E-state index contributed by atoms with van der Waals surface area (Å²) in [6.45, 7) is 6.32. The quantitative estimate of drug-likeness (QED) is 0.185. The molecule has 0 N–H and O–H groups in total. The number of para-hydroxylation sites is 2. The molecular formula is C31H32N3S2+. The summed E-state index contributed by atoms with van der Waals surface area (Å²) in [4.78, 5) is 5.85. The van der Waals surface area contributed by atoms with Crippen molar-refractivity contribution < 1.29 is 4.57 Å². The average Bonchev–Trinajstić information content (AvgIpc) is 3.43. The van der Waals surface area contributed by atoms with Gasteiger partial charge in [0.05, 0.1) is 10.7 Å². The molecule has 0 saturated heterocycles. The molecule has 0 fully saturated rings. The van der Waals surface area contributed by atoms with Gasteiger partial charge in [-0.1, -0.05) is 71.6 Å². The number of hydrogen-bond donors (Lipinski definition) is 0. The van der Waals surface area contributed by atoms with Crippen molar-refractivity contribution in [3.63, 3.8) is 0 Å². The van der Waals surface area contributed by atoms with Gasteiger partial charge in [-0.3, -0.25) is 0 Å². The van der Waals surface area contributed by atoms with Crippen LogP contribution in [0.25, 0.3) is 22.4 Å². The largest absolute Gasteiger partial charge is 0.378 e. The lowest BCUT2D eigenvalue weighted by atomic mass is 10.1. The molecule has 2 heterocycles. The summed E-state index contributed by atoms with van der Waals surface area (Å²) >= 11 is 3.71. The Kier molecular flexibility index (Phi) is 7.30. The van der Waals surface area contributed by atoms with Gasteiger partial charge in [0, 0.05) is 43.4 Å². The SMILES string of the molecule is CCN1/C(=C/C(=C\c2sc3ccccc3[n+]2CC)/C=C/c2ccc(N(C)C)cc2)Sc2ccccc21. The lowest BCUT2D eigenvalue weighted by Crippen LogP contribution is -2.33. The van der Waals surface area contributed by atoms with Crippen LogP contribution in [0.3, 0.4) is 0 Å². The molecule has 0 spiro atoms. The fourth-order valence-electron chi connectivity index (χ4n) is 4.47. The molecule has 4 aromatic rings. The van der Waals surface area contributed by atoms with Gasteiger partial charge in [0.15, 0.2) is 0 Å². The normalized spacial score (nSPS) is 14.8. The third kappa shape index (κ3) is 4.99. The number of rotatable bonds is 7. The van der Waals surface area contributed by atoms with Crippen molar-refractivity contribution in [1.82, 2.24) is 0 Å². The van der Waals surface area contributed by atoms with Crippen LogP contribution in [-0.2, 0) is 6.54 Å². The van der Waals surface area contributed by atoms with Crippen molar-refractivity contribution in [2.75, 3.05) is 30.4 Å². The number of hydrogen-bond acceptors (Lipinski definition) is 4. The Hall–Kier alpha value is -3.28. The number of anilines is 2. The van der Waals surface area contributed by atoms with Crippen LogP contribution in [0.5, 0.6) is 0 Å². The van der Waals surface area contributed by atoms with E-state index < -0.39 is 0 Å². The molecule has 0 aliphatic carbocycles. The summed E-state index contributed by atoms with van der Waals surface area (Å²) in [7, 11) is 4.14. The molecule has 0 saturated carbocycles. The number of aromatic nitrogens is 1. The van der Waals surface area contributed by atoms with Crippen molar-refractivity contribution in [2.24, 2.45) is 0 Å². The highest BCUT2D eigenvalue weighted by atomic mass is 32.2. The predicted molar refractivity (Wildman–Crippen MR) is 159 cm³/mol. The van der Waals surface area contributed by atoms with Crippen molar-refractivity contribution in [2.45, 2.75) is 25.3 Å². The molecule has 1 aromatic heterocycles. The number of allylic oxidation sites excluding steroid dienone is 3. The number of aryl methyl sites for hydroxylation is 1. The smallest absolute Gasteiger partial charge is 0.263 e. The average molecular weight is 511 g/mol. The van der Waals surface area contributed by atoms with E-state index >= 15 is 0 Å². The van der Waals surface area contributed by atoms with Crippen molar-refractivity contribution >= 4 is 56.8 Å². The zero-order valence-corrected chi connectivity index (χ0v) is 22.9. The van der Waals surface area contributed by atoms with Gasteiger partial charge in [-0.05, 0) is 61.4 Å². The monoisotopic (exact) mass is 510 g/mol. The first kappa shape index (κ1) is 24.4. The second kappa shape index (κ2) is 10.8. The van der Waals surface area contributed by atoms with Gasteiger partial charge in [0.2, 0.25) is 5.52 Å². The van der Waals surface area contributed by atoms with Gasteiger partial charge in [0.25, 0.3) is 5.01 Å². The number of thiazole rings is 1. The number of benzene rings is 3. The summed E-state index contributed by atoms with van der Waals surface area (Å²) in [6, 6.07) is 26.1. The second-order valence-corrected chi connectivity index (χ2v) is 11.0. The van der Waals surface area contributed by atoms with E-state index in [0.717, 1.165) is 13.1 Å². The topological polar surface area (TPSA) is 10.4 Å². The molecule has 3 nitrogen and oxygen atoms in total. The van der Waals surface area contributed by atoms with Gasteiger partial charge in [-0.2, -0.15) is 4.57 Å². The van der Waals surface area contributed by atoms with Crippen molar-refractivity contribution in [3.8, 4) is 0 Å². The summed E-state index contributed by atoms with van der Waals surface area (Å²) in [5, 5.41) is 2.53. The molecule has 5 rings (SSSR count). The molecule has 36 heavy (non-hydrogen) atoms. The first-order valence-corrected chi connectivity index (χ1v) is 14.1. The fraction of sp³-hybridized carbons (Fsp3) is 0.194. The minimum atomic E-state index is 0.941. The van der Waals surface area contributed by atoms with Crippen LogP contribution in [-0.4, -0.2) is 20.6 Å². The van der Waals surface area contributed by atoms with E-state index in [4.69, 9.17) is 0 Å². The minimum absolute atomic E-state index is 0.941. The molecule has 0 unspecified atom stereocenters. The third-order valence-electron chi connectivity index (χ3n) is 6.36. The standard InChI is InChI=1S/C31H32N3S2/c1-5-33-26-11-7-9-13-28(26)35-30(33)21-24(16-15-23-17-19-25(20-18-23)32(3)4)22-31-34(6-2)27-12-8-10-14-29(27)36-31/h7-22H,5-6H2,1-4H3/q+1. The Labute approximate surface area is 222 Å². The van der Waals surface area contributed by atoms with E-state index in [1.54, 1.807) is 0 Å². The highest BCUT2D eigenvalue weighted by Gasteiger charge is 2.24. The zero-order valence-electron chi connectivity index (χ0n) is 21.3. The van der Waals surface area contributed by atoms with E-state index in [1.165, 1.54) is 47.7 Å². The van der Waals surface area contributed by atoms with Crippen LogP contribution >= 0.6 is 23.1 Å². The van der Waals surface area contributed by atoms with Crippen LogP contribution in [0.4, 0.5) is 11.4 Å². The van der Waals surface area contributed by atoms with E-state index in [9.17, 15) is 0 Å². The molecule has 1 aliphatic heterocycles. The molecule has 182 valence electrons. The van der Waals surface area contributed by atoms with Gasteiger partial charge in [-0.25, -0.2) is 0 Å². The molecule has 0 radical (unpaired) electrons. The highest BCUT2D eigenvalue weighted by molar-refractivity contribution is 8.03. The summed E-state index contributed by atoms with van der Waals surface area (Å²) in [5.74, 6) is 0. The minimum Gasteiger partial charge on any atom is -0.378 e. The van der Waals surface area contributed by atoms with Gasteiger partial charge < -0.3 is 9.80 Å². The Morgan fingerprint density at radius 2 is 1.69 bits per heavy atom. The number of fused-ring (bicyclic) bond motifs is 2. The van der Waals surface area contributed by atoms with Gasteiger partial charge in [0.1, 0.15) is 11.2 Å². The maximum atomic E-state index is 2.41. The van der Waals surface area contributed by atoms with E-state index in [0.29, 0.717) is 0 Å². The van der Waals surface area contributed by atoms with Gasteiger partial charge in [-0.15, -0.1) is 0 Å². The highest BCUT2D eigenvalue weighted by Crippen LogP contribution is 2.46. The lowest BCUT2D eigenvalue weighted by Gasteiger charge is -2.18. The zero-order chi connectivity index (χ0) is 25.1. The van der Waals surface area contributed by atoms with Crippen LogP contribution in [0, 0.1) is 0 Å². The molecule has 5 heteroatoms. The molecule has 1 aliphatic rings. The molecule has 0 bridgehead atoms. The van der Waals surface area contributed by atoms with E-state index in [-0.39, 0.29) is 0 Å². The van der Waals surface area contributed by atoms with Crippen LogP contribution in [0.15, 0.2) is 100 Å². The second-order valence-electron chi connectivity index (χ2n) is 8.91. The maximum absolute atomic E-state index is 2.41. The van der Waals surface area contributed by atoms with Crippen LogP contribution in [0.1, 0.15) is 24.4 Å². The molecule has 0 atom stereocenters. The predicted octanol–water partition coefficient (Wildman–Crippen LogP) is 7.85. The maximum Gasteiger partial charge on any atom is 0.263 e. The van der Waals surface area contributed by atoms with Gasteiger partial charge >= 0.3 is 0 Å². The number of nitrogens with zero attached hydrogens (tertiary/aromatic N) is 3. The van der Waals surface area contributed by atoms with Crippen LogP contribution in [0.2, 0.25) is 0 Å². The Balaban J connectivity index is 1.57. The first-order chi connectivity index (χ1) is 17.6. The summed E-state index contributed by atoms with van der Waals surface area (Å²) in [5.41, 5.74) is 6.18. The summed E-state index contributed by atoms with van der Waals surface area (Å²) in [6.07, 6.45) is 9.14. The summed E-state index contributed by atoms with van der Waals surface area (Å²) < 4.78 is 3.73. The fourth-order valence-corrected chi connectivity index (χ4v) is 6.85. The van der Waals surface area contributed by atoms with Crippen molar-refractivity contribution in [3.05, 3.63) is 106 Å². The Morgan fingerprint density at radius 3 is 2.44 bits per heavy atom. The van der Waals surface area contributed by atoms with Crippen LogP contribution < -0.4 is 14.4 Å². The first-order valence-electron chi connectivity index (χ1n) is 12.4. The molecule has 0 amide bonds. The lowest BCUT2D eigenvalue weighted by molar-refractivity contribution is -0.665. The van der Waals surface area contributed by atoms with E-state index in [2.05, 4.69) is 139 Å². The Bertz CT molecular complexity index is 1460. The van der Waals surface area contributed by atoms with E-state index in [1.807, 2.05) is 23.1 Å². The Morgan fingerprint density at radius 1 is 0.944 bits per heavy atom. The molecular weight excluding hydrogens is 478 g/mol. The van der Waals surface area contributed by atoms with Crippen molar-refractivity contribution in [1.29, 1.82) is 0 Å². The number of thioether (sulfide) groups is 1.